The van der Waals surface area contributed by atoms with Crippen LogP contribution in [0.5, 0.6) is 0 Å². The molecule has 0 unspecified atom stereocenters. The van der Waals surface area contributed by atoms with E-state index in [0.29, 0.717) is 18.9 Å². The number of hydrogen-bond donors (Lipinski definition) is 4. The molecule has 2 saturated heterocycles. The minimum absolute atomic E-state index is 0.156. The van der Waals surface area contributed by atoms with Crippen LogP contribution >= 0.6 is 0 Å². The molecule has 3 rings (SSSR count). The van der Waals surface area contributed by atoms with Crippen LogP contribution in [-0.4, -0.2) is 87.6 Å². The van der Waals surface area contributed by atoms with Crippen LogP contribution in [0.2, 0.25) is 0 Å². The Balaban J connectivity index is 1.57. The number of piperidine rings is 1. The summed E-state index contributed by atoms with van der Waals surface area (Å²) in [5.74, 6) is 0.812. The fourth-order valence-electron chi connectivity index (χ4n) is 3.80. The second-order valence-corrected chi connectivity index (χ2v) is 8.98. The molecule has 4 N–H and O–H groups in total. The Hall–Kier alpha value is -1.94. The first kappa shape index (κ1) is 22.7. The number of carbonyl (C=O) groups is 1. The molecule has 0 aromatic carbocycles. The lowest BCUT2D eigenvalue weighted by molar-refractivity contribution is -0.152. The van der Waals surface area contributed by atoms with Gasteiger partial charge in [-0.05, 0) is 45.7 Å². The monoisotopic (exact) mass is 423 g/mol. The number of nitrogens with one attached hydrogen (secondary N) is 1. The number of nitrogens with zero attached hydrogens (tertiary/aromatic N) is 2. The number of carbonyl (C=O) groups excluding carboxylic acids is 1. The standard InChI is InChI=1S/C21H33N3O6/c1-21(2,3)30-20(28)24-9-7-13(8-10-24)14-5-4-6-17(22-14)23-15-12-29-16(11-25)19(27)18(15)26/h4-6,13,15-16,18-19,25-27H,7-12H2,1-3H3,(H,22,23)/t15-,16+,18+,19-/m0/s1. The molecular formula is C21H33N3O6. The molecular weight excluding hydrogens is 390 g/mol. The van der Waals surface area contributed by atoms with Gasteiger partial charge in [0.15, 0.2) is 0 Å². The molecule has 1 aromatic rings. The lowest BCUT2D eigenvalue weighted by Crippen LogP contribution is -2.56. The van der Waals surface area contributed by atoms with Crippen molar-refractivity contribution in [2.75, 3.05) is 31.6 Å². The summed E-state index contributed by atoms with van der Waals surface area (Å²) in [6, 6.07) is 5.13. The van der Waals surface area contributed by atoms with Crippen molar-refractivity contribution >= 4 is 11.9 Å². The summed E-state index contributed by atoms with van der Waals surface area (Å²) < 4.78 is 10.9. The van der Waals surface area contributed by atoms with Gasteiger partial charge in [0.1, 0.15) is 29.7 Å². The van der Waals surface area contributed by atoms with Crippen LogP contribution in [0.3, 0.4) is 0 Å². The molecule has 2 aliphatic rings. The molecule has 0 aliphatic carbocycles. The zero-order valence-electron chi connectivity index (χ0n) is 17.8. The van der Waals surface area contributed by atoms with E-state index in [-0.39, 0.29) is 25.2 Å². The van der Waals surface area contributed by atoms with Gasteiger partial charge in [0.2, 0.25) is 0 Å². The van der Waals surface area contributed by atoms with Crippen molar-refractivity contribution < 1.29 is 29.6 Å². The van der Waals surface area contributed by atoms with Crippen LogP contribution in [-0.2, 0) is 9.47 Å². The van der Waals surface area contributed by atoms with Gasteiger partial charge in [-0.2, -0.15) is 0 Å². The maximum absolute atomic E-state index is 12.2. The number of anilines is 1. The lowest BCUT2D eigenvalue weighted by Gasteiger charge is -2.37. The van der Waals surface area contributed by atoms with E-state index in [2.05, 4.69) is 10.3 Å². The molecule has 4 atom stereocenters. The fraction of sp³-hybridized carbons (Fsp3) is 0.714. The van der Waals surface area contributed by atoms with Gasteiger partial charge in [-0.1, -0.05) is 6.07 Å². The summed E-state index contributed by atoms with van der Waals surface area (Å²) in [5.41, 5.74) is 0.414. The summed E-state index contributed by atoms with van der Waals surface area (Å²) in [5, 5.41) is 32.7. The largest absolute Gasteiger partial charge is 0.444 e. The molecule has 1 aromatic heterocycles. The number of aromatic nitrogens is 1. The summed E-state index contributed by atoms with van der Waals surface area (Å²) in [6.45, 7) is 6.61. The van der Waals surface area contributed by atoms with E-state index in [1.54, 1.807) is 11.0 Å². The Labute approximate surface area is 177 Å². The minimum Gasteiger partial charge on any atom is -0.444 e. The highest BCUT2D eigenvalue weighted by atomic mass is 16.6. The Bertz CT molecular complexity index is 717. The van der Waals surface area contributed by atoms with Gasteiger partial charge in [0, 0.05) is 24.7 Å². The Morgan fingerprint density at radius 2 is 1.97 bits per heavy atom. The number of hydrogen-bond acceptors (Lipinski definition) is 8. The van der Waals surface area contributed by atoms with Crippen molar-refractivity contribution in [3.8, 4) is 0 Å². The van der Waals surface area contributed by atoms with Gasteiger partial charge in [0.05, 0.1) is 19.3 Å². The van der Waals surface area contributed by atoms with Crippen LogP contribution in [0.25, 0.3) is 0 Å². The summed E-state index contributed by atoms with van der Waals surface area (Å²) in [7, 11) is 0. The van der Waals surface area contributed by atoms with E-state index < -0.39 is 30.0 Å². The number of aliphatic hydroxyl groups excluding tert-OH is 3. The van der Waals surface area contributed by atoms with E-state index in [4.69, 9.17) is 9.47 Å². The van der Waals surface area contributed by atoms with Crippen molar-refractivity contribution in [1.82, 2.24) is 9.88 Å². The summed E-state index contributed by atoms with van der Waals surface area (Å²) in [6.07, 6.45) is -1.72. The van der Waals surface area contributed by atoms with Gasteiger partial charge >= 0.3 is 6.09 Å². The average molecular weight is 424 g/mol. The third-order valence-electron chi connectivity index (χ3n) is 5.48. The normalized spacial score (nSPS) is 28.3. The van der Waals surface area contributed by atoms with Crippen molar-refractivity contribution in [1.29, 1.82) is 0 Å². The molecule has 2 fully saturated rings. The highest BCUT2D eigenvalue weighted by Gasteiger charge is 2.38. The third-order valence-corrected chi connectivity index (χ3v) is 5.48. The topological polar surface area (TPSA) is 124 Å². The Morgan fingerprint density at radius 3 is 2.60 bits per heavy atom. The summed E-state index contributed by atoms with van der Waals surface area (Å²) in [4.78, 5) is 18.7. The first-order valence-corrected chi connectivity index (χ1v) is 10.5. The van der Waals surface area contributed by atoms with Crippen LogP contribution in [0.4, 0.5) is 10.6 Å². The molecule has 1 amide bonds. The fourth-order valence-corrected chi connectivity index (χ4v) is 3.80. The van der Waals surface area contributed by atoms with Gasteiger partial charge in [-0.15, -0.1) is 0 Å². The molecule has 2 aliphatic heterocycles. The molecule has 0 radical (unpaired) electrons. The average Bonchev–Trinajstić information content (AvgIpc) is 2.71. The molecule has 0 saturated carbocycles. The lowest BCUT2D eigenvalue weighted by atomic mass is 9.93. The molecule has 9 heteroatoms. The minimum atomic E-state index is -1.17. The second-order valence-electron chi connectivity index (χ2n) is 8.98. The molecule has 168 valence electrons. The molecule has 3 heterocycles. The quantitative estimate of drug-likeness (QED) is 0.567. The SMILES string of the molecule is CC(C)(C)OC(=O)N1CCC(c2cccc(N[C@H]3CO[C@H](CO)[C@H](O)[C@@H]3O)n2)CC1. The predicted octanol–water partition coefficient (Wildman–Crippen LogP) is 1.09. The van der Waals surface area contributed by atoms with Crippen molar-refractivity contribution in [3.63, 3.8) is 0 Å². The van der Waals surface area contributed by atoms with Gasteiger partial charge in [-0.3, -0.25) is 0 Å². The first-order chi connectivity index (χ1) is 14.2. The molecule has 30 heavy (non-hydrogen) atoms. The van der Waals surface area contributed by atoms with E-state index in [0.717, 1.165) is 18.5 Å². The predicted molar refractivity (Wildman–Crippen MR) is 110 cm³/mol. The summed E-state index contributed by atoms with van der Waals surface area (Å²) >= 11 is 0. The third kappa shape index (κ3) is 5.60. The van der Waals surface area contributed by atoms with Crippen LogP contribution in [0, 0.1) is 0 Å². The number of likely N-dealkylation sites (tertiary alicyclic amines) is 1. The van der Waals surface area contributed by atoms with Gasteiger partial charge < -0.3 is 35.0 Å². The number of pyridine rings is 1. The second kappa shape index (κ2) is 9.47. The Kier molecular flexibility index (Phi) is 7.18. The van der Waals surface area contributed by atoms with Gasteiger partial charge in [-0.25, -0.2) is 9.78 Å². The van der Waals surface area contributed by atoms with Crippen molar-refractivity contribution in [2.45, 2.75) is 69.5 Å². The van der Waals surface area contributed by atoms with Crippen LogP contribution < -0.4 is 5.32 Å². The zero-order valence-corrected chi connectivity index (χ0v) is 17.8. The molecule has 0 spiro atoms. The van der Waals surface area contributed by atoms with Gasteiger partial charge in [0.25, 0.3) is 0 Å². The molecule has 0 bridgehead atoms. The van der Waals surface area contributed by atoms with Crippen LogP contribution in [0.1, 0.15) is 45.2 Å². The van der Waals surface area contributed by atoms with E-state index in [1.807, 2.05) is 32.9 Å². The maximum Gasteiger partial charge on any atom is 0.410 e. The van der Waals surface area contributed by atoms with E-state index >= 15 is 0 Å². The first-order valence-electron chi connectivity index (χ1n) is 10.5. The highest BCUT2D eigenvalue weighted by Crippen LogP contribution is 2.29. The number of amides is 1. The van der Waals surface area contributed by atoms with Crippen molar-refractivity contribution in [2.24, 2.45) is 0 Å². The van der Waals surface area contributed by atoms with E-state index in [1.165, 1.54) is 0 Å². The Morgan fingerprint density at radius 1 is 1.27 bits per heavy atom. The molecule has 9 nitrogen and oxygen atoms in total. The zero-order chi connectivity index (χ0) is 21.9. The number of rotatable bonds is 4. The van der Waals surface area contributed by atoms with Crippen LogP contribution in [0.15, 0.2) is 18.2 Å². The highest BCUT2D eigenvalue weighted by molar-refractivity contribution is 5.68. The van der Waals surface area contributed by atoms with Crippen molar-refractivity contribution in [3.05, 3.63) is 23.9 Å². The maximum atomic E-state index is 12.2. The smallest absolute Gasteiger partial charge is 0.410 e. The number of ether oxygens (including phenoxy) is 2. The number of aliphatic hydroxyl groups is 3. The van der Waals surface area contributed by atoms with E-state index in [9.17, 15) is 20.1 Å².